The number of amides is 2. The minimum absolute atomic E-state index is 0.240. The van der Waals surface area contributed by atoms with Gasteiger partial charge in [-0.15, -0.1) is 0 Å². The summed E-state index contributed by atoms with van der Waals surface area (Å²) in [6.07, 6.45) is 0.274. The largest absolute Gasteiger partial charge is 0.480 e. The first kappa shape index (κ1) is 17.8. The van der Waals surface area contributed by atoms with E-state index in [-0.39, 0.29) is 12.5 Å². The highest BCUT2D eigenvalue weighted by Crippen LogP contribution is 2.34. The van der Waals surface area contributed by atoms with Crippen LogP contribution in [0.25, 0.3) is 0 Å². The Kier molecular flexibility index (Phi) is 5.43. The van der Waals surface area contributed by atoms with Gasteiger partial charge in [0.25, 0.3) is 5.91 Å². The molecule has 1 heterocycles. The minimum atomic E-state index is -1.08. The summed E-state index contributed by atoms with van der Waals surface area (Å²) in [5.74, 6) is -1.39. The summed E-state index contributed by atoms with van der Waals surface area (Å²) in [5, 5.41) is 11.6. The van der Waals surface area contributed by atoms with Crippen LogP contribution in [-0.2, 0) is 14.4 Å². The second-order valence-electron chi connectivity index (χ2n) is 5.90. The normalized spacial score (nSPS) is 17.7. The predicted octanol–water partition coefficient (Wildman–Crippen LogP) is 1.48. The molecule has 7 nitrogen and oxygen atoms in total. The van der Waals surface area contributed by atoms with E-state index in [9.17, 15) is 14.4 Å². The summed E-state index contributed by atoms with van der Waals surface area (Å²) in [6.45, 7) is 5.10. The van der Waals surface area contributed by atoms with Gasteiger partial charge in [0.1, 0.15) is 18.3 Å². The van der Waals surface area contributed by atoms with Crippen molar-refractivity contribution in [2.45, 2.75) is 45.8 Å². The molecule has 1 aromatic rings. The molecule has 2 amide bonds. The summed E-state index contributed by atoms with van der Waals surface area (Å²) in [5.41, 5.74) is 1.45. The maximum absolute atomic E-state index is 12.4. The number of carbonyl (C=O) groups excluding carboxylic acids is 2. The Labute approximate surface area is 140 Å². The highest BCUT2D eigenvalue weighted by atomic mass is 16.5. The van der Waals surface area contributed by atoms with Gasteiger partial charge in [0, 0.05) is 0 Å². The van der Waals surface area contributed by atoms with E-state index in [1.54, 1.807) is 19.1 Å². The lowest BCUT2D eigenvalue weighted by Crippen LogP contribution is -2.51. The Morgan fingerprint density at radius 2 is 2.12 bits per heavy atom. The predicted molar refractivity (Wildman–Crippen MR) is 88.1 cm³/mol. The van der Waals surface area contributed by atoms with Gasteiger partial charge in [-0.25, -0.2) is 4.79 Å². The molecule has 1 aliphatic heterocycles. The van der Waals surface area contributed by atoms with Gasteiger partial charge in [-0.3, -0.25) is 14.5 Å². The Morgan fingerprint density at radius 1 is 1.42 bits per heavy atom. The molecule has 0 spiro atoms. The summed E-state index contributed by atoms with van der Waals surface area (Å²) in [4.78, 5) is 37.1. The lowest BCUT2D eigenvalue weighted by Gasteiger charge is -2.33. The molecule has 0 bridgehead atoms. The Bertz CT molecular complexity index is 658. The molecule has 0 aliphatic carbocycles. The van der Waals surface area contributed by atoms with Gasteiger partial charge in [0.05, 0.1) is 5.69 Å². The number of hydrogen-bond donors (Lipinski definition) is 2. The van der Waals surface area contributed by atoms with Gasteiger partial charge >= 0.3 is 5.97 Å². The highest BCUT2D eigenvalue weighted by molar-refractivity contribution is 6.04. The van der Waals surface area contributed by atoms with Crippen LogP contribution in [0.2, 0.25) is 0 Å². The number of carbonyl (C=O) groups is 3. The summed E-state index contributed by atoms with van der Waals surface area (Å²) >= 11 is 0. The van der Waals surface area contributed by atoms with Crippen molar-refractivity contribution in [3.63, 3.8) is 0 Å². The average molecular weight is 334 g/mol. The number of nitrogens with zero attached hydrogens (tertiary/aromatic N) is 1. The van der Waals surface area contributed by atoms with Crippen LogP contribution in [0.5, 0.6) is 5.75 Å². The van der Waals surface area contributed by atoms with Crippen LogP contribution in [0, 0.1) is 6.92 Å². The van der Waals surface area contributed by atoms with Gasteiger partial charge in [0.2, 0.25) is 5.91 Å². The maximum atomic E-state index is 12.4. The van der Waals surface area contributed by atoms with Crippen LogP contribution in [-0.4, -0.2) is 41.6 Å². The number of aliphatic carboxylic acids is 1. The lowest BCUT2D eigenvalue weighted by molar-refractivity contribution is -0.141. The SMILES string of the molecule is CCCC(NC(=O)CN1C(=O)C(C)Oc2ccc(C)cc21)C(=O)O. The fourth-order valence-electron chi connectivity index (χ4n) is 2.61. The van der Waals surface area contributed by atoms with Gasteiger partial charge < -0.3 is 15.2 Å². The van der Waals surface area contributed by atoms with Crippen LogP contribution in [0.3, 0.4) is 0 Å². The molecule has 1 aliphatic rings. The van der Waals surface area contributed by atoms with Crippen molar-refractivity contribution < 1.29 is 24.2 Å². The number of rotatable bonds is 6. The third-order valence-electron chi connectivity index (χ3n) is 3.84. The van der Waals surface area contributed by atoms with Crippen LogP contribution in [0.4, 0.5) is 5.69 Å². The van der Waals surface area contributed by atoms with Crippen LogP contribution in [0.15, 0.2) is 18.2 Å². The van der Waals surface area contributed by atoms with Crippen molar-refractivity contribution in [1.29, 1.82) is 0 Å². The number of carboxylic acid groups (broad SMARTS) is 1. The van der Waals surface area contributed by atoms with E-state index in [0.29, 0.717) is 24.3 Å². The van der Waals surface area contributed by atoms with E-state index in [4.69, 9.17) is 9.84 Å². The summed E-state index contributed by atoms with van der Waals surface area (Å²) in [7, 11) is 0. The topological polar surface area (TPSA) is 95.9 Å². The Hall–Kier alpha value is -2.57. The fourth-order valence-corrected chi connectivity index (χ4v) is 2.61. The second-order valence-corrected chi connectivity index (χ2v) is 5.90. The van der Waals surface area contributed by atoms with Crippen LogP contribution >= 0.6 is 0 Å². The molecule has 0 fully saturated rings. The van der Waals surface area contributed by atoms with Crippen molar-refractivity contribution in [3.05, 3.63) is 23.8 Å². The average Bonchev–Trinajstić information content (AvgIpc) is 2.52. The number of hydrogen-bond acceptors (Lipinski definition) is 4. The first-order chi connectivity index (χ1) is 11.3. The zero-order chi connectivity index (χ0) is 17.9. The fraction of sp³-hybridized carbons (Fsp3) is 0.471. The third-order valence-corrected chi connectivity index (χ3v) is 3.84. The van der Waals surface area contributed by atoms with Crippen molar-refractivity contribution >= 4 is 23.5 Å². The van der Waals surface area contributed by atoms with E-state index in [2.05, 4.69) is 5.32 Å². The first-order valence-corrected chi connectivity index (χ1v) is 7.94. The molecule has 0 aromatic heterocycles. The van der Waals surface area contributed by atoms with E-state index in [1.165, 1.54) is 4.90 Å². The number of ether oxygens (including phenoxy) is 1. The first-order valence-electron chi connectivity index (χ1n) is 7.94. The second kappa shape index (κ2) is 7.33. The zero-order valence-electron chi connectivity index (χ0n) is 14.0. The zero-order valence-corrected chi connectivity index (χ0v) is 14.0. The van der Waals surface area contributed by atoms with Gasteiger partial charge in [-0.2, -0.15) is 0 Å². The standard InChI is InChI=1S/C17H22N2O5/c1-4-5-12(17(22)23)18-15(20)9-19-13-8-10(2)6-7-14(13)24-11(3)16(19)21/h6-8,11-12H,4-5,9H2,1-3H3,(H,18,20)(H,22,23). The summed E-state index contributed by atoms with van der Waals surface area (Å²) < 4.78 is 5.55. The van der Waals surface area contributed by atoms with E-state index in [0.717, 1.165) is 5.56 Å². The molecule has 24 heavy (non-hydrogen) atoms. The molecule has 2 atom stereocenters. The van der Waals surface area contributed by atoms with E-state index < -0.39 is 24.0 Å². The molecule has 130 valence electrons. The molecule has 2 rings (SSSR count). The van der Waals surface area contributed by atoms with Crippen LogP contribution in [0.1, 0.15) is 32.3 Å². The number of nitrogens with one attached hydrogen (secondary N) is 1. The molecule has 2 unspecified atom stereocenters. The van der Waals surface area contributed by atoms with E-state index in [1.807, 2.05) is 19.9 Å². The number of carboxylic acids is 1. The monoisotopic (exact) mass is 334 g/mol. The van der Waals surface area contributed by atoms with Crippen molar-refractivity contribution in [2.24, 2.45) is 0 Å². The maximum Gasteiger partial charge on any atom is 0.326 e. The van der Waals surface area contributed by atoms with Gasteiger partial charge in [0.15, 0.2) is 6.10 Å². The minimum Gasteiger partial charge on any atom is -0.480 e. The lowest BCUT2D eigenvalue weighted by atomic mass is 10.1. The molecule has 7 heteroatoms. The molecule has 1 aromatic carbocycles. The quantitative estimate of drug-likeness (QED) is 0.821. The third kappa shape index (κ3) is 3.84. The number of fused-ring (bicyclic) bond motifs is 1. The van der Waals surface area contributed by atoms with Crippen LogP contribution < -0.4 is 15.0 Å². The van der Waals surface area contributed by atoms with Gasteiger partial charge in [-0.05, 0) is 38.0 Å². The smallest absolute Gasteiger partial charge is 0.326 e. The van der Waals surface area contributed by atoms with Crippen molar-refractivity contribution in [2.75, 3.05) is 11.4 Å². The molecular formula is C17H22N2O5. The Morgan fingerprint density at radius 3 is 2.75 bits per heavy atom. The van der Waals surface area contributed by atoms with Gasteiger partial charge in [-0.1, -0.05) is 19.4 Å². The summed E-state index contributed by atoms with van der Waals surface area (Å²) in [6, 6.07) is 4.44. The molecule has 2 N–H and O–H groups in total. The van der Waals surface area contributed by atoms with E-state index >= 15 is 0 Å². The molecular weight excluding hydrogens is 312 g/mol. The van der Waals surface area contributed by atoms with Crippen molar-refractivity contribution in [3.8, 4) is 5.75 Å². The number of anilines is 1. The molecule has 0 saturated carbocycles. The highest BCUT2D eigenvalue weighted by Gasteiger charge is 2.33. The Balaban J connectivity index is 2.18. The number of benzene rings is 1. The molecule has 0 saturated heterocycles. The number of aryl methyl sites for hydroxylation is 1. The molecule has 0 radical (unpaired) electrons. The van der Waals surface area contributed by atoms with Crippen molar-refractivity contribution in [1.82, 2.24) is 5.32 Å².